The van der Waals surface area contributed by atoms with Crippen molar-refractivity contribution in [2.24, 2.45) is 0 Å². The van der Waals surface area contributed by atoms with Crippen LogP contribution in [0.1, 0.15) is 37.3 Å². The number of aryl methyl sites for hydroxylation is 1. The number of unbranched alkanes of at least 4 members (excludes halogenated alkanes) is 2. The van der Waals surface area contributed by atoms with Crippen molar-refractivity contribution in [3.8, 4) is 11.3 Å². The lowest BCUT2D eigenvalue weighted by Gasteiger charge is -2.14. The van der Waals surface area contributed by atoms with Crippen LogP contribution in [0.4, 0.5) is 0 Å². The summed E-state index contributed by atoms with van der Waals surface area (Å²) in [6.45, 7) is 3.15. The molecule has 160 valence electrons. The van der Waals surface area contributed by atoms with E-state index >= 15 is 0 Å². The quantitative estimate of drug-likeness (QED) is 0.204. The predicted molar refractivity (Wildman–Crippen MR) is 141 cm³/mol. The fraction of sp³-hybridized carbons (Fsp3) is 0.200. The topological polar surface area (TPSA) is 4.93 Å². The lowest BCUT2D eigenvalue weighted by atomic mass is 9.98. The maximum Gasteiger partial charge on any atom is 0.0527 e. The number of hydrogen-bond donors (Lipinski definition) is 0. The molecule has 0 aliphatic rings. The van der Waals surface area contributed by atoms with Gasteiger partial charge in [0.25, 0.3) is 0 Å². The fourth-order valence-electron chi connectivity index (χ4n) is 4.83. The summed E-state index contributed by atoms with van der Waals surface area (Å²) < 4.78 is 3.68. The first-order valence-corrected chi connectivity index (χ1v) is 12.4. The smallest absolute Gasteiger partial charge is 0.0527 e. The molecule has 0 saturated carbocycles. The second-order valence-corrected chi connectivity index (χ2v) is 9.40. The van der Waals surface area contributed by atoms with E-state index in [4.69, 9.17) is 0 Å². The van der Waals surface area contributed by atoms with Crippen LogP contribution in [-0.4, -0.2) is 4.57 Å². The van der Waals surface area contributed by atoms with Crippen LogP contribution >= 0.6 is 15.9 Å². The third kappa shape index (κ3) is 4.00. The number of nitrogens with zero attached hydrogens (tertiary/aromatic N) is 1. The molecule has 5 rings (SSSR count). The highest BCUT2D eigenvalue weighted by molar-refractivity contribution is 9.10. The summed E-state index contributed by atoms with van der Waals surface area (Å²) in [5, 5.41) is 3.92. The lowest BCUT2D eigenvalue weighted by Crippen LogP contribution is -2.03. The van der Waals surface area contributed by atoms with Crippen LogP contribution in [0.5, 0.6) is 0 Å². The third-order valence-corrected chi connectivity index (χ3v) is 7.08. The van der Waals surface area contributed by atoms with Crippen molar-refractivity contribution >= 4 is 37.6 Å². The number of halogens is 1. The highest BCUT2D eigenvalue weighted by Gasteiger charge is 2.19. The molecule has 2 heteroatoms. The minimum Gasteiger partial charge on any atom is -0.336 e. The zero-order valence-corrected chi connectivity index (χ0v) is 20.1. The van der Waals surface area contributed by atoms with Crippen LogP contribution in [0.25, 0.3) is 32.9 Å². The Bertz CT molecular complexity index is 1360. The molecule has 4 aromatic carbocycles. The van der Waals surface area contributed by atoms with Crippen molar-refractivity contribution in [1.82, 2.24) is 4.57 Å². The van der Waals surface area contributed by atoms with E-state index in [0.29, 0.717) is 0 Å². The molecule has 0 radical (unpaired) electrons. The monoisotopic (exact) mass is 481 g/mol. The molecule has 0 fully saturated rings. The van der Waals surface area contributed by atoms with E-state index in [0.717, 1.165) is 17.4 Å². The van der Waals surface area contributed by atoms with Gasteiger partial charge in [0.2, 0.25) is 0 Å². The van der Waals surface area contributed by atoms with E-state index in [1.807, 2.05) is 0 Å². The van der Waals surface area contributed by atoms with Gasteiger partial charge in [0.05, 0.1) is 5.69 Å². The molecular formula is C30H28BrN. The Hall–Kier alpha value is -2.84. The molecule has 0 saturated heterocycles. The maximum atomic E-state index is 3.72. The van der Waals surface area contributed by atoms with Crippen LogP contribution in [0.3, 0.4) is 0 Å². The Morgan fingerprint density at radius 2 is 1.56 bits per heavy atom. The van der Waals surface area contributed by atoms with Crippen LogP contribution in [0.15, 0.2) is 95.5 Å². The normalized spacial score (nSPS) is 11.4. The number of para-hydroxylation sites is 1. The summed E-state index contributed by atoms with van der Waals surface area (Å²) in [5.41, 5.74) is 6.81. The molecule has 1 heterocycles. The Morgan fingerprint density at radius 1 is 0.750 bits per heavy atom. The standard InChI is InChI=1S/C30H28BrN/c1-2-3-5-15-27-26-14-8-9-17-29(26)32(21-22-11-6-4-7-12-22)30(27)24-18-19-25-23(20-24)13-10-16-28(25)31/h4,6-14,16-20H,2-3,5,15,21H2,1H3. The van der Waals surface area contributed by atoms with Crippen molar-refractivity contribution in [3.05, 3.63) is 107 Å². The van der Waals surface area contributed by atoms with Gasteiger partial charge in [-0.05, 0) is 58.5 Å². The summed E-state index contributed by atoms with van der Waals surface area (Å²) in [7, 11) is 0. The molecule has 1 nitrogen and oxygen atoms in total. The molecule has 0 unspecified atom stereocenters. The minimum atomic E-state index is 0.876. The third-order valence-electron chi connectivity index (χ3n) is 6.39. The highest BCUT2D eigenvalue weighted by Crippen LogP contribution is 2.37. The van der Waals surface area contributed by atoms with Gasteiger partial charge in [-0.1, -0.05) is 108 Å². The second-order valence-electron chi connectivity index (χ2n) is 8.55. The van der Waals surface area contributed by atoms with Crippen molar-refractivity contribution < 1.29 is 0 Å². The molecule has 0 spiro atoms. The number of rotatable bonds is 7. The van der Waals surface area contributed by atoms with Crippen LogP contribution in [0.2, 0.25) is 0 Å². The van der Waals surface area contributed by atoms with E-state index in [1.165, 1.54) is 63.3 Å². The Morgan fingerprint density at radius 3 is 2.41 bits per heavy atom. The maximum absolute atomic E-state index is 3.72. The molecule has 0 amide bonds. The zero-order valence-electron chi connectivity index (χ0n) is 18.5. The van der Waals surface area contributed by atoms with Crippen LogP contribution < -0.4 is 0 Å². The number of aromatic nitrogens is 1. The van der Waals surface area contributed by atoms with Gasteiger partial charge in [0, 0.05) is 21.9 Å². The molecule has 0 aliphatic heterocycles. The average Bonchev–Trinajstić information content (AvgIpc) is 3.13. The number of benzene rings is 4. The van der Waals surface area contributed by atoms with Crippen molar-refractivity contribution in [2.75, 3.05) is 0 Å². The summed E-state index contributed by atoms with van der Waals surface area (Å²) in [6.07, 6.45) is 4.84. The van der Waals surface area contributed by atoms with Gasteiger partial charge in [-0.15, -0.1) is 0 Å². The second kappa shape index (κ2) is 9.34. The summed E-state index contributed by atoms with van der Waals surface area (Å²) in [6, 6.07) is 33.1. The van der Waals surface area contributed by atoms with Gasteiger partial charge in [-0.25, -0.2) is 0 Å². The minimum absolute atomic E-state index is 0.876. The van der Waals surface area contributed by atoms with Crippen molar-refractivity contribution in [3.63, 3.8) is 0 Å². The van der Waals surface area contributed by atoms with Gasteiger partial charge >= 0.3 is 0 Å². The van der Waals surface area contributed by atoms with Gasteiger partial charge in [0.1, 0.15) is 0 Å². The van der Waals surface area contributed by atoms with Gasteiger partial charge in [0.15, 0.2) is 0 Å². The van der Waals surface area contributed by atoms with Gasteiger partial charge in [-0.3, -0.25) is 0 Å². The van der Waals surface area contributed by atoms with E-state index in [9.17, 15) is 0 Å². The van der Waals surface area contributed by atoms with E-state index < -0.39 is 0 Å². The first-order valence-electron chi connectivity index (χ1n) is 11.6. The SMILES string of the molecule is CCCCCc1c(-c2ccc3c(Br)cccc3c2)n(Cc2ccccc2)c2ccccc12. The predicted octanol–water partition coefficient (Wildman–Crippen LogP) is 9.00. The van der Waals surface area contributed by atoms with E-state index in [-0.39, 0.29) is 0 Å². The number of hydrogen-bond acceptors (Lipinski definition) is 0. The molecule has 0 bridgehead atoms. The lowest BCUT2D eigenvalue weighted by molar-refractivity contribution is 0.717. The Kier molecular flexibility index (Phi) is 6.14. The van der Waals surface area contributed by atoms with Crippen molar-refractivity contribution in [1.29, 1.82) is 0 Å². The molecule has 0 atom stereocenters. The number of fused-ring (bicyclic) bond motifs is 2. The van der Waals surface area contributed by atoms with Gasteiger partial charge in [-0.2, -0.15) is 0 Å². The molecule has 5 aromatic rings. The summed E-state index contributed by atoms with van der Waals surface area (Å²) in [5.74, 6) is 0. The molecular weight excluding hydrogens is 454 g/mol. The van der Waals surface area contributed by atoms with Crippen LogP contribution in [-0.2, 0) is 13.0 Å². The van der Waals surface area contributed by atoms with E-state index in [1.54, 1.807) is 0 Å². The van der Waals surface area contributed by atoms with Crippen molar-refractivity contribution in [2.45, 2.75) is 39.2 Å². The fourth-order valence-corrected chi connectivity index (χ4v) is 5.35. The first kappa shape index (κ1) is 21.0. The molecule has 0 aliphatic carbocycles. The van der Waals surface area contributed by atoms with Crippen LogP contribution in [0, 0.1) is 0 Å². The molecule has 0 N–H and O–H groups in total. The Balaban J connectivity index is 1.75. The zero-order chi connectivity index (χ0) is 21.9. The van der Waals surface area contributed by atoms with Gasteiger partial charge < -0.3 is 4.57 Å². The highest BCUT2D eigenvalue weighted by atomic mass is 79.9. The molecule has 32 heavy (non-hydrogen) atoms. The Labute approximate surface area is 198 Å². The first-order chi connectivity index (χ1) is 15.8. The van der Waals surface area contributed by atoms with E-state index in [2.05, 4.69) is 118 Å². The average molecular weight is 482 g/mol. The molecule has 1 aromatic heterocycles. The largest absolute Gasteiger partial charge is 0.336 e. The summed E-state index contributed by atoms with van der Waals surface area (Å²) in [4.78, 5) is 0. The summed E-state index contributed by atoms with van der Waals surface area (Å²) >= 11 is 3.72.